The summed E-state index contributed by atoms with van der Waals surface area (Å²) < 4.78 is 0. The number of carbonyl (C=O) groups is 2. The number of aliphatic carboxylic acids is 2. The fourth-order valence-electron chi connectivity index (χ4n) is 4.26. The monoisotopic (exact) mass is 426 g/mol. The Bertz CT molecular complexity index is 408. The molecule has 0 saturated heterocycles. The number of hydrogen-bond donors (Lipinski definition) is 2. The van der Waals surface area contributed by atoms with Gasteiger partial charge in [0.05, 0.1) is 11.8 Å². The molecule has 0 aliphatic rings. The summed E-state index contributed by atoms with van der Waals surface area (Å²) in [5, 5.41) is 18.5. The summed E-state index contributed by atoms with van der Waals surface area (Å²) in [6, 6.07) is 0. The van der Waals surface area contributed by atoms with Crippen LogP contribution < -0.4 is 0 Å². The van der Waals surface area contributed by atoms with E-state index >= 15 is 0 Å². The molecule has 2 N–H and O–H groups in total. The lowest BCUT2D eigenvalue weighted by Crippen LogP contribution is -2.15. The van der Waals surface area contributed by atoms with Crippen LogP contribution in [0, 0.1) is 11.8 Å². The van der Waals surface area contributed by atoms with Gasteiger partial charge in [-0.15, -0.1) is 0 Å². The van der Waals surface area contributed by atoms with Crippen molar-refractivity contribution in [2.45, 2.75) is 142 Å². The first-order valence-electron chi connectivity index (χ1n) is 13.0. The maximum Gasteiger partial charge on any atom is 0.306 e. The summed E-state index contributed by atoms with van der Waals surface area (Å²) in [4.78, 5) is 22.5. The Kier molecular flexibility index (Phi) is 20.4. The summed E-state index contributed by atoms with van der Waals surface area (Å²) in [7, 11) is 0. The van der Waals surface area contributed by atoms with E-state index < -0.39 is 11.9 Å². The summed E-state index contributed by atoms with van der Waals surface area (Å²) in [5.74, 6) is -1.95. The molecule has 0 rings (SSSR count). The van der Waals surface area contributed by atoms with E-state index in [0.29, 0.717) is 19.3 Å². The number of unbranched alkanes of at least 4 members (excludes halogenated alkanes) is 14. The number of hydrogen-bond acceptors (Lipinski definition) is 2. The minimum atomic E-state index is -0.727. The molecular weight excluding hydrogens is 376 g/mol. The zero-order valence-electron chi connectivity index (χ0n) is 20.0. The Morgan fingerprint density at radius 3 is 1.13 bits per heavy atom. The van der Waals surface area contributed by atoms with Crippen LogP contribution in [0.25, 0.3) is 0 Å². The van der Waals surface area contributed by atoms with E-state index in [9.17, 15) is 14.7 Å². The Morgan fingerprint density at radius 1 is 0.500 bits per heavy atom. The third-order valence-electron chi connectivity index (χ3n) is 6.45. The van der Waals surface area contributed by atoms with Crippen molar-refractivity contribution in [3.8, 4) is 0 Å². The van der Waals surface area contributed by atoms with Crippen LogP contribution in [0.5, 0.6) is 0 Å². The zero-order valence-corrected chi connectivity index (χ0v) is 20.0. The van der Waals surface area contributed by atoms with E-state index in [2.05, 4.69) is 6.92 Å². The van der Waals surface area contributed by atoms with Gasteiger partial charge in [0.15, 0.2) is 0 Å². The molecule has 0 spiro atoms. The lowest BCUT2D eigenvalue weighted by atomic mass is 9.92. The molecule has 0 saturated carbocycles. The standard InChI is InChI=1S/C26H50O4/c1-3-5-6-7-8-9-10-11-12-13-14-15-16-17-21-24(26(29)30)22-19-18-20-23(4-2)25(27)28/h23-24H,3-22H2,1-2H3,(H,27,28)(H,29,30). The first kappa shape index (κ1) is 28.9. The van der Waals surface area contributed by atoms with Crippen molar-refractivity contribution in [1.82, 2.24) is 0 Å². The molecule has 30 heavy (non-hydrogen) atoms. The molecule has 0 radical (unpaired) electrons. The Morgan fingerprint density at radius 2 is 0.800 bits per heavy atom. The van der Waals surface area contributed by atoms with Gasteiger partial charge < -0.3 is 10.2 Å². The third kappa shape index (κ3) is 17.8. The van der Waals surface area contributed by atoms with Gasteiger partial charge in [-0.25, -0.2) is 0 Å². The van der Waals surface area contributed by atoms with Crippen molar-refractivity contribution < 1.29 is 19.8 Å². The smallest absolute Gasteiger partial charge is 0.306 e. The van der Waals surface area contributed by atoms with Gasteiger partial charge in [0.1, 0.15) is 0 Å². The lowest BCUT2D eigenvalue weighted by molar-refractivity contribution is -0.143. The Labute approximate surface area is 186 Å². The SMILES string of the molecule is CCCCCCCCCCCCCCCCC(CCCCC(CC)C(=O)O)C(=O)O. The van der Waals surface area contributed by atoms with E-state index in [0.717, 1.165) is 32.1 Å². The highest BCUT2D eigenvalue weighted by Gasteiger charge is 2.18. The van der Waals surface area contributed by atoms with Gasteiger partial charge in [0.2, 0.25) is 0 Å². The molecule has 178 valence electrons. The topological polar surface area (TPSA) is 74.6 Å². The normalized spacial score (nSPS) is 13.3. The van der Waals surface area contributed by atoms with Crippen molar-refractivity contribution in [1.29, 1.82) is 0 Å². The predicted octanol–water partition coefficient (Wildman–Crippen LogP) is 8.23. The van der Waals surface area contributed by atoms with Gasteiger partial charge in [0, 0.05) is 0 Å². The largest absolute Gasteiger partial charge is 0.481 e. The minimum Gasteiger partial charge on any atom is -0.481 e. The quantitative estimate of drug-likeness (QED) is 0.161. The van der Waals surface area contributed by atoms with Crippen molar-refractivity contribution >= 4 is 11.9 Å². The van der Waals surface area contributed by atoms with E-state index in [1.54, 1.807) is 0 Å². The molecule has 0 aromatic rings. The summed E-state index contributed by atoms with van der Waals surface area (Å²) in [6.07, 6.45) is 22.8. The first-order valence-corrected chi connectivity index (χ1v) is 13.0. The van der Waals surface area contributed by atoms with Crippen LogP contribution in [0.15, 0.2) is 0 Å². The number of carboxylic acids is 2. The fourth-order valence-corrected chi connectivity index (χ4v) is 4.26. The average molecular weight is 427 g/mol. The van der Waals surface area contributed by atoms with E-state index in [1.165, 1.54) is 77.0 Å². The summed E-state index contributed by atoms with van der Waals surface area (Å²) >= 11 is 0. The summed E-state index contributed by atoms with van der Waals surface area (Å²) in [6.45, 7) is 4.16. The Balaban J connectivity index is 3.55. The van der Waals surface area contributed by atoms with Crippen LogP contribution in [0.4, 0.5) is 0 Å². The van der Waals surface area contributed by atoms with Gasteiger partial charge in [-0.3, -0.25) is 9.59 Å². The van der Waals surface area contributed by atoms with Crippen molar-refractivity contribution in [2.75, 3.05) is 0 Å². The maximum absolute atomic E-state index is 11.5. The molecule has 2 atom stereocenters. The van der Waals surface area contributed by atoms with Crippen LogP contribution >= 0.6 is 0 Å². The molecule has 0 aliphatic carbocycles. The maximum atomic E-state index is 11.5. The molecule has 0 fully saturated rings. The van der Waals surface area contributed by atoms with Crippen molar-refractivity contribution in [2.24, 2.45) is 11.8 Å². The number of rotatable bonds is 23. The highest BCUT2D eigenvalue weighted by Crippen LogP contribution is 2.21. The molecule has 0 aromatic carbocycles. The van der Waals surface area contributed by atoms with Gasteiger partial charge in [-0.05, 0) is 25.7 Å². The summed E-state index contributed by atoms with van der Waals surface area (Å²) in [5.41, 5.74) is 0. The second kappa shape index (κ2) is 21.2. The second-order valence-corrected chi connectivity index (χ2v) is 9.15. The van der Waals surface area contributed by atoms with Gasteiger partial charge in [-0.2, -0.15) is 0 Å². The van der Waals surface area contributed by atoms with Crippen LogP contribution in [-0.4, -0.2) is 22.2 Å². The first-order chi connectivity index (χ1) is 14.5. The van der Waals surface area contributed by atoms with Gasteiger partial charge in [0.25, 0.3) is 0 Å². The molecule has 0 aromatic heterocycles. The van der Waals surface area contributed by atoms with Crippen LogP contribution in [-0.2, 0) is 9.59 Å². The zero-order chi connectivity index (χ0) is 22.5. The second-order valence-electron chi connectivity index (χ2n) is 9.15. The van der Waals surface area contributed by atoms with Gasteiger partial charge in [-0.1, -0.05) is 117 Å². The number of carboxylic acid groups (broad SMARTS) is 2. The predicted molar refractivity (Wildman–Crippen MR) is 126 cm³/mol. The van der Waals surface area contributed by atoms with E-state index in [4.69, 9.17) is 5.11 Å². The molecule has 4 nitrogen and oxygen atoms in total. The van der Waals surface area contributed by atoms with Crippen LogP contribution in [0.3, 0.4) is 0 Å². The van der Waals surface area contributed by atoms with E-state index in [-0.39, 0.29) is 11.8 Å². The molecule has 0 heterocycles. The lowest BCUT2D eigenvalue weighted by Gasteiger charge is -2.13. The highest BCUT2D eigenvalue weighted by molar-refractivity contribution is 5.70. The van der Waals surface area contributed by atoms with Crippen LogP contribution in [0.1, 0.15) is 142 Å². The van der Waals surface area contributed by atoms with Crippen molar-refractivity contribution in [3.05, 3.63) is 0 Å². The molecule has 2 unspecified atom stereocenters. The van der Waals surface area contributed by atoms with Crippen LogP contribution in [0.2, 0.25) is 0 Å². The molecular formula is C26H50O4. The molecule has 4 heteroatoms. The fraction of sp³-hybridized carbons (Fsp3) is 0.923. The molecule has 0 bridgehead atoms. The Hall–Kier alpha value is -1.06. The minimum absolute atomic E-state index is 0.257. The highest BCUT2D eigenvalue weighted by atomic mass is 16.4. The van der Waals surface area contributed by atoms with Gasteiger partial charge >= 0.3 is 11.9 Å². The molecule has 0 amide bonds. The van der Waals surface area contributed by atoms with Crippen molar-refractivity contribution in [3.63, 3.8) is 0 Å². The average Bonchev–Trinajstić information content (AvgIpc) is 2.71. The molecule has 0 aliphatic heterocycles. The van der Waals surface area contributed by atoms with E-state index in [1.807, 2.05) is 6.92 Å². The third-order valence-corrected chi connectivity index (χ3v) is 6.45.